The second kappa shape index (κ2) is 7.98. The Labute approximate surface area is 148 Å². The third-order valence-electron chi connectivity index (χ3n) is 4.02. The SMILES string of the molecule is C=Cc1ccccc1.Oc1ccccc1-c1cccc2ccccc12. The minimum Gasteiger partial charge on any atom is -0.507 e. The number of rotatable bonds is 2. The highest BCUT2D eigenvalue weighted by Gasteiger charge is 2.06. The zero-order chi connectivity index (χ0) is 17.5. The molecule has 0 aromatic heterocycles. The van der Waals surface area contributed by atoms with Crippen molar-refractivity contribution in [2.75, 3.05) is 0 Å². The number of phenols is 1. The lowest BCUT2D eigenvalue weighted by molar-refractivity contribution is 0.477. The first-order chi connectivity index (χ1) is 12.3. The molecule has 1 heteroatoms. The predicted molar refractivity (Wildman–Crippen MR) is 108 cm³/mol. The molecule has 4 rings (SSSR count). The molecule has 4 aromatic carbocycles. The van der Waals surface area contributed by atoms with Gasteiger partial charge in [0.15, 0.2) is 0 Å². The van der Waals surface area contributed by atoms with E-state index in [2.05, 4.69) is 24.8 Å². The summed E-state index contributed by atoms with van der Waals surface area (Å²) < 4.78 is 0. The van der Waals surface area contributed by atoms with Crippen LogP contribution < -0.4 is 0 Å². The van der Waals surface area contributed by atoms with Gasteiger partial charge in [0.2, 0.25) is 0 Å². The Bertz CT molecular complexity index is 966. The molecule has 0 fully saturated rings. The van der Waals surface area contributed by atoms with Gasteiger partial charge in [-0.05, 0) is 28.0 Å². The van der Waals surface area contributed by atoms with Crippen LogP contribution in [-0.2, 0) is 0 Å². The number of para-hydroxylation sites is 1. The predicted octanol–water partition coefficient (Wildman–Crippen LogP) is 6.54. The van der Waals surface area contributed by atoms with Gasteiger partial charge in [-0.3, -0.25) is 0 Å². The zero-order valence-corrected chi connectivity index (χ0v) is 14.0. The fourth-order valence-corrected chi connectivity index (χ4v) is 2.75. The van der Waals surface area contributed by atoms with Crippen LogP contribution in [0.15, 0.2) is 104 Å². The number of hydrogen-bond acceptors (Lipinski definition) is 1. The molecule has 0 amide bonds. The van der Waals surface area contributed by atoms with Crippen LogP contribution >= 0.6 is 0 Å². The van der Waals surface area contributed by atoms with E-state index < -0.39 is 0 Å². The summed E-state index contributed by atoms with van der Waals surface area (Å²) in [6, 6.07) is 31.8. The molecule has 0 aliphatic rings. The third kappa shape index (κ3) is 3.96. The van der Waals surface area contributed by atoms with E-state index in [-0.39, 0.29) is 0 Å². The fraction of sp³-hybridized carbons (Fsp3) is 0. The number of aromatic hydroxyl groups is 1. The highest BCUT2D eigenvalue weighted by molar-refractivity contribution is 5.97. The number of hydrogen-bond donors (Lipinski definition) is 1. The van der Waals surface area contributed by atoms with Crippen LogP contribution in [0.25, 0.3) is 28.0 Å². The second-order valence-corrected chi connectivity index (χ2v) is 5.66. The van der Waals surface area contributed by atoms with E-state index in [9.17, 15) is 5.11 Å². The molecule has 0 saturated heterocycles. The van der Waals surface area contributed by atoms with Gasteiger partial charge in [0.25, 0.3) is 0 Å². The summed E-state index contributed by atoms with van der Waals surface area (Å²) >= 11 is 0. The maximum atomic E-state index is 9.92. The standard InChI is InChI=1S/C16H12O.C8H8/c17-16-11-4-3-9-15(16)14-10-5-7-12-6-1-2-8-13(12)14;1-2-8-6-4-3-5-7-8/h1-11,17H;2-7H,1H2. The number of benzene rings is 4. The van der Waals surface area contributed by atoms with Crippen LogP contribution in [0, 0.1) is 0 Å². The van der Waals surface area contributed by atoms with Gasteiger partial charge in [0.05, 0.1) is 0 Å². The van der Waals surface area contributed by atoms with Gasteiger partial charge in [-0.25, -0.2) is 0 Å². The summed E-state index contributed by atoms with van der Waals surface area (Å²) in [5.41, 5.74) is 3.12. The Morgan fingerprint density at radius 2 is 1.20 bits per heavy atom. The Hall–Kier alpha value is -3.32. The average molecular weight is 324 g/mol. The van der Waals surface area contributed by atoms with Crippen molar-refractivity contribution in [2.24, 2.45) is 0 Å². The van der Waals surface area contributed by atoms with Crippen molar-refractivity contribution in [3.63, 3.8) is 0 Å². The molecule has 0 saturated carbocycles. The molecule has 122 valence electrons. The van der Waals surface area contributed by atoms with E-state index in [1.54, 1.807) is 6.07 Å². The first-order valence-electron chi connectivity index (χ1n) is 8.23. The molecule has 25 heavy (non-hydrogen) atoms. The lowest BCUT2D eigenvalue weighted by atomic mass is 9.98. The average Bonchev–Trinajstić information content (AvgIpc) is 2.69. The van der Waals surface area contributed by atoms with E-state index in [4.69, 9.17) is 0 Å². The highest BCUT2D eigenvalue weighted by atomic mass is 16.3. The Kier molecular flexibility index (Phi) is 5.28. The molecule has 0 spiro atoms. The topological polar surface area (TPSA) is 20.2 Å². The van der Waals surface area contributed by atoms with Gasteiger partial charge in [-0.2, -0.15) is 0 Å². The van der Waals surface area contributed by atoms with Crippen LogP contribution in [0.3, 0.4) is 0 Å². The van der Waals surface area contributed by atoms with Gasteiger partial charge in [-0.15, -0.1) is 0 Å². The molecular formula is C24H20O. The summed E-state index contributed by atoms with van der Waals surface area (Å²) in [4.78, 5) is 0. The first kappa shape index (κ1) is 16.5. The maximum Gasteiger partial charge on any atom is 0.123 e. The minimum absolute atomic E-state index is 0.323. The molecule has 0 atom stereocenters. The van der Waals surface area contributed by atoms with Gasteiger partial charge in [0.1, 0.15) is 5.75 Å². The minimum atomic E-state index is 0.323. The third-order valence-corrected chi connectivity index (χ3v) is 4.02. The van der Waals surface area contributed by atoms with Gasteiger partial charge in [0, 0.05) is 5.56 Å². The van der Waals surface area contributed by atoms with E-state index in [1.165, 1.54) is 10.9 Å². The van der Waals surface area contributed by atoms with Crippen molar-refractivity contribution in [3.05, 3.63) is 109 Å². The molecule has 0 radical (unpaired) electrons. The summed E-state index contributed by atoms with van der Waals surface area (Å²) in [6.45, 7) is 3.63. The summed E-state index contributed by atoms with van der Waals surface area (Å²) in [5.74, 6) is 0.323. The van der Waals surface area contributed by atoms with Gasteiger partial charge >= 0.3 is 0 Å². The molecule has 1 N–H and O–H groups in total. The van der Waals surface area contributed by atoms with Crippen molar-refractivity contribution in [1.29, 1.82) is 0 Å². The lowest BCUT2D eigenvalue weighted by Gasteiger charge is -2.08. The summed E-state index contributed by atoms with van der Waals surface area (Å²) in [5, 5.41) is 12.3. The monoisotopic (exact) mass is 324 g/mol. The molecular weight excluding hydrogens is 304 g/mol. The first-order valence-corrected chi connectivity index (χ1v) is 8.23. The smallest absolute Gasteiger partial charge is 0.123 e. The molecule has 0 heterocycles. The van der Waals surface area contributed by atoms with Crippen molar-refractivity contribution in [1.82, 2.24) is 0 Å². The molecule has 0 bridgehead atoms. The Morgan fingerprint density at radius 1 is 0.600 bits per heavy atom. The molecule has 4 aromatic rings. The van der Waals surface area contributed by atoms with Gasteiger partial charge in [-0.1, -0.05) is 104 Å². The maximum absolute atomic E-state index is 9.92. The summed E-state index contributed by atoms with van der Waals surface area (Å²) in [6.07, 6.45) is 1.83. The molecule has 0 unspecified atom stereocenters. The van der Waals surface area contributed by atoms with Crippen molar-refractivity contribution in [3.8, 4) is 16.9 Å². The van der Waals surface area contributed by atoms with Crippen LogP contribution in [0.1, 0.15) is 5.56 Å². The normalized spacial score (nSPS) is 9.92. The van der Waals surface area contributed by atoms with Crippen molar-refractivity contribution >= 4 is 16.8 Å². The highest BCUT2D eigenvalue weighted by Crippen LogP contribution is 2.33. The second-order valence-electron chi connectivity index (χ2n) is 5.66. The zero-order valence-electron chi connectivity index (χ0n) is 14.0. The van der Waals surface area contributed by atoms with Crippen molar-refractivity contribution < 1.29 is 5.11 Å². The van der Waals surface area contributed by atoms with E-state index in [0.29, 0.717) is 5.75 Å². The molecule has 1 nitrogen and oxygen atoms in total. The van der Waals surface area contributed by atoms with Gasteiger partial charge < -0.3 is 5.11 Å². The van der Waals surface area contributed by atoms with Crippen LogP contribution in [-0.4, -0.2) is 5.11 Å². The number of phenolic OH excluding ortho intramolecular Hbond substituents is 1. The Balaban J connectivity index is 0.000000192. The fourth-order valence-electron chi connectivity index (χ4n) is 2.75. The van der Waals surface area contributed by atoms with Crippen LogP contribution in [0.2, 0.25) is 0 Å². The quantitative estimate of drug-likeness (QED) is 0.444. The molecule has 0 aliphatic heterocycles. The Morgan fingerprint density at radius 3 is 1.92 bits per heavy atom. The van der Waals surface area contributed by atoms with Crippen LogP contribution in [0.5, 0.6) is 5.75 Å². The number of fused-ring (bicyclic) bond motifs is 1. The van der Waals surface area contributed by atoms with Crippen molar-refractivity contribution in [2.45, 2.75) is 0 Å². The van der Waals surface area contributed by atoms with E-state index >= 15 is 0 Å². The summed E-state index contributed by atoms with van der Waals surface area (Å²) in [7, 11) is 0. The lowest BCUT2D eigenvalue weighted by Crippen LogP contribution is -1.81. The molecule has 0 aliphatic carbocycles. The van der Waals surface area contributed by atoms with E-state index in [1.807, 2.05) is 78.9 Å². The van der Waals surface area contributed by atoms with E-state index in [0.717, 1.165) is 16.5 Å². The largest absolute Gasteiger partial charge is 0.507 e. The van der Waals surface area contributed by atoms with Crippen LogP contribution in [0.4, 0.5) is 0 Å².